The maximum absolute atomic E-state index is 13.1. The fraction of sp³-hybridized carbons (Fsp3) is 0.261. The molecule has 0 spiro atoms. The van der Waals surface area contributed by atoms with E-state index in [1.54, 1.807) is 30.9 Å². The predicted octanol–water partition coefficient (Wildman–Crippen LogP) is 3.56. The topological polar surface area (TPSA) is 82.4 Å². The number of nitrogens with one attached hydrogen (secondary N) is 1. The number of anilines is 1. The molecule has 31 heavy (non-hydrogen) atoms. The molecule has 0 aliphatic carbocycles. The first-order chi connectivity index (χ1) is 15.0. The number of carbonyl (C=O) groups excluding carboxylic acids is 1. The van der Waals surface area contributed by atoms with E-state index in [-0.39, 0.29) is 17.9 Å². The van der Waals surface area contributed by atoms with Gasteiger partial charge in [-0.1, -0.05) is 42.1 Å². The molecule has 1 unspecified atom stereocenters. The van der Waals surface area contributed by atoms with Crippen LogP contribution in [-0.2, 0) is 17.6 Å². The summed E-state index contributed by atoms with van der Waals surface area (Å²) in [5.41, 5.74) is 1.96. The van der Waals surface area contributed by atoms with Gasteiger partial charge in [-0.2, -0.15) is 4.98 Å². The van der Waals surface area contributed by atoms with Crippen LogP contribution in [0, 0.1) is 0 Å². The summed E-state index contributed by atoms with van der Waals surface area (Å²) >= 11 is 1.45. The third kappa shape index (κ3) is 4.16. The van der Waals surface area contributed by atoms with Gasteiger partial charge in [0.1, 0.15) is 17.3 Å². The van der Waals surface area contributed by atoms with Gasteiger partial charge in [-0.05, 0) is 23.8 Å². The molecule has 2 aromatic carbocycles. The van der Waals surface area contributed by atoms with Gasteiger partial charge < -0.3 is 19.4 Å². The minimum absolute atomic E-state index is 0.129. The summed E-state index contributed by atoms with van der Waals surface area (Å²) in [7, 11) is 4.95. The number of fused-ring (bicyclic) bond motifs is 1. The lowest BCUT2D eigenvalue weighted by molar-refractivity contribution is -0.116. The SMILES string of the molecule is COc1ccc(OC)c(C2CC(=O)Nc3c2c(=O)nc(SCc2ccccc2)n3C)c1. The summed E-state index contributed by atoms with van der Waals surface area (Å²) in [6, 6.07) is 15.3. The zero-order valence-electron chi connectivity index (χ0n) is 17.5. The van der Waals surface area contributed by atoms with Crippen LogP contribution in [0.15, 0.2) is 58.5 Å². The van der Waals surface area contributed by atoms with Gasteiger partial charge in [0.2, 0.25) is 5.91 Å². The molecule has 0 saturated carbocycles. The molecule has 4 rings (SSSR count). The van der Waals surface area contributed by atoms with Crippen LogP contribution in [0.3, 0.4) is 0 Å². The van der Waals surface area contributed by atoms with Crippen molar-refractivity contribution >= 4 is 23.5 Å². The smallest absolute Gasteiger partial charge is 0.279 e. The Kier molecular flexibility index (Phi) is 5.99. The minimum atomic E-state index is -0.479. The van der Waals surface area contributed by atoms with E-state index < -0.39 is 5.92 Å². The molecular formula is C23H23N3O4S. The van der Waals surface area contributed by atoms with Crippen LogP contribution < -0.4 is 20.3 Å². The average Bonchev–Trinajstić information content (AvgIpc) is 2.80. The molecule has 8 heteroatoms. The van der Waals surface area contributed by atoms with E-state index in [2.05, 4.69) is 10.3 Å². The largest absolute Gasteiger partial charge is 0.497 e. The normalized spacial score (nSPS) is 15.2. The Balaban J connectivity index is 1.77. The number of carbonyl (C=O) groups is 1. The molecule has 2 heterocycles. The lowest BCUT2D eigenvalue weighted by Crippen LogP contribution is -2.33. The Labute approximate surface area is 184 Å². The van der Waals surface area contributed by atoms with Crippen molar-refractivity contribution in [1.82, 2.24) is 9.55 Å². The van der Waals surface area contributed by atoms with Gasteiger partial charge in [0.15, 0.2) is 5.16 Å². The number of methoxy groups -OCH3 is 2. The summed E-state index contributed by atoms with van der Waals surface area (Å²) in [6.07, 6.45) is 0.129. The molecule has 1 amide bonds. The van der Waals surface area contributed by atoms with Crippen LogP contribution in [0.1, 0.15) is 29.0 Å². The Bertz CT molecular complexity index is 1180. The standard InChI is InChI=1S/C23H23N3O4S/c1-26-21-20(22(28)25-23(26)31-13-14-7-5-4-6-8-14)17(12-19(27)24-21)16-11-15(29-2)9-10-18(16)30-3/h4-11,17H,12-13H2,1-3H3,(H,24,27). The fourth-order valence-electron chi connectivity index (χ4n) is 3.76. The van der Waals surface area contributed by atoms with E-state index in [9.17, 15) is 9.59 Å². The second kappa shape index (κ2) is 8.85. The van der Waals surface area contributed by atoms with Crippen LogP contribution in [0.25, 0.3) is 0 Å². The molecule has 1 aliphatic rings. The van der Waals surface area contributed by atoms with Gasteiger partial charge in [0.25, 0.3) is 5.56 Å². The highest BCUT2D eigenvalue weighted by Crippen LogP contribution is 2.41. The Hall–Kier alpha value is -3.26. The first kappa shape index (κ1) is 21.0. The molecule has 0 saturated heterocycles. The monoisotopic (exact) mass is 437 g/mol. The summed E-state index contributed by atoms with van der Waals surface area (Å²) in [5, 5.41) is 3.42. The van der Waals surface area contributed by atoms with Crippen LogP contribution in [-0.4, -0.2) is 29.7 Å². The summed E-state index contributed by atoms with van der Waals surface area (Å²) < 4.78 is 12.6. The Morgan fingerprint density at radius 1 is 1.13 bits per heavy atom. The molecule has 7 nitrogen and oxygen atoms in total. The number of thioether (sulfide) groups is 1. The first-order valence-electron chi connectivity index (χ1n) is 9.81. The van der Waals surface area contributed by atoms with Crippen molar-refractivity contribution in [1.29, 1.82) is 0 Å². The molecule has 1 aliphatic heterocycles. The molecule has 0 bridgehead atoms. The summed E-state index contributed by atoms with van der Waals surface area (Å²) in [5.74, 6) is 1.72. The molecule has 1 atom stereocenters. The molecule has 0 fully saturated rings. The van der Waals surface area contributed by atoms with Crippen molar-refractivity contribution in [2.24, 2.45) is 7.05 Å². The van der Waals surface area contributed by atoms with Crippen LogP contribution >= 0.6 is 11.8 Å². The fourth-order valence-corrected chi connectivity index (χ4v) is 4.68. The van der Waals surface area contributed by atoms with Gasteiger partial charge in [0, 0.05) is 30.7 Å². The third-order valence-corrected chi connectivity index (χ3v) is 6.42. The number of nitrogens with zero attached hydrogens (tertiary/aromatic N) is 2. The second-order valence-electron chi connectivity index (χ2n) is 7.21. The van der Waals surface area contributed by atoms with Crippen molar-refractivity contribution < 1.29 is 14.3 Å². The number of hydrogen-bond donors (Lipinski definition) is 1. The van der Waals surface area contributed by atoms with E-state index in [1.165, 1.54) is 11.8 Å². The Morgan fingerprint density at radius 2 is 1.90 bits per heavy atom. The highest BCUT2D eigenvalue weighted by atomic mass is 32.2. The summed E-state index contributed by atoms with van der Waals surface area (Å²) in [4.78, 5) is 30.1. The highest BCUT2D eigenvalue weighted by molar-refractivity contribution is 7.98. The van der Waals surface area contributed by atoms with Gasteiger partial charge in [0.05, 0.1) is 19.8 Å². The molecule has 160 valence electrons. The van der Waals surface area contributed by atoms with E-state index in [1.807, 2.05) is 43.4 Å². The van der Waals surface area contributed by atoms with E-state index in [0.717, 1.165) is 11.1 Å². The number of aromatic nitrogens is 2. The van der Waals surface area contributed by atoms with Crippen LogP contribution in [0.4, 0.5) is 5.82 Å². The van der Waals surface area contributed by atoms with Gasteiger partial charge in [-0.3, -0.25) is 9.59 Å². The minimum Gasteiger partial charge on any atom is -0.497 e. The number of benzene rings is 2. The molecular weight excluding hydrogens is 414 g/mol. The second-order valence-corrected chi connectivity index (χ2v) is 8.15. The van der Waals surface area contributed by atoms with Crippen molar-refractivity contribution in [3.63, 3.8) is 0 Å². The van der Waals surface area contributed by atoms with E-state index in [4.69, 9.17) is 9.47 Å². The Morgan fingerprint density at radius 3 is 2.61 bits per heavy atom. The lowest BCUT2D eigenvalue weighted by atomic mass is 9.86. The lowest BCUT2D eigenvalue weighted by Gasteiger charge is -2.28. The van der Waals surface area contributed by atoms with Crippen molar-refractivity contribution in [2.45, 2.75) is 23.2 Å². The predicted molar refractivity (Wildman–Crippen MR) is 120 cm³/mol. The van der Waals surface area contributed by atoms with Crippen LogP contribution in [0.5, 0.6) is 11.5 Å². The number of amides is 1. The highest BCUT2D eigenvalue weighted by Gasteiger charge is 2.34. The van der Waals surface area contributed by atoms with Gasteiger partial charge in [-0.15, -0.1) is 0 Å². The molecule has 1 aromatic heterocycles. The molecule has 1 N–H and O–H groups in total. The quantitative estimate of drug-likeness (QED) is 0.469. The number of rotatable bonds is 6. The maximum Gasteiger partial charge on any atom is 0.279 e. The van der Waals surface area contributed by atoms with Crippen molar-refractivity contribution in [3.05, 3.63) is 75.6 Å². The first-order valence-corrected chi connectivity index (χ1v) is 10.8. The molecule has 3 aromatic rings. The zero-order valence-corrected chi connectivity index (χ0v) is 18.4. The van der Waals surface area contributed by atoms with Crippen LogP contribution in [0.2, 0.25) is 0 Å². The average molecular weight is 438 g/mol. The number of hydrogen-bond acceptors (Lipinski definition) is 6. The zero-order chi connectivity index (χ0) is 22.0. The third-order valence-electron chi connectivity index (χ3n) is 5.32. The van der Waals surface area contributed by atoms with Gasteiger partial charge in [-0.25, -0.2) is 0 Å². The van der Waals surface area contributed by atoms with Crippen molar-refractivity contribution in [3.8, 4) is 11.5 Å². The van der Waals surface area contributed by atoms with Crippen molar-refractivity contribution in [2.75, 3.05) is 19.5 Å². The number of ether oxygens (including phenoxy) is 2. The van der Waals surface area contributed by atoms with E-state index >= 15 is 0 Å². The maximum atomic E-state index is 13.1. The summed E-state index contributed by atoms with van der Waals surface area (Å²) in [6.45, 7) is 0. The molecule has 0 radical (unpaired) electrons. The van der Waals surface area contributed by atoms with Gasteiger partial charge >= 0.3 is 0 Å². The van der Waals surface area contributed by atoms with E-state index in [0.29, 0.717) is 33.8 Å².